The van der Waals surface area contributed by atoms with Crippen molar-refractivity contribution in [2.24, 2.45) is 0 Å². The summed E-state index contributed by atoms with van der Waals surface area (Å²) in [6.07, 6.45) is 6.93. The molecule has 1 N–H and O–H groups in total. The van der Waals surface area contributed by atoms with Crippen molar-refractivity contribution in [3.8, 4) is 0 Å². The second-order valence-electron chi connectivity index (χ2n) is 4.59. The lowest BCUT2D eigenvalue weighted by atomic mass is 10.2. The Morgan fingerprint density at radius 1 is 1.42 bits per heavy atom. The van der Waals surface area contributed by atoms with E-state index in [0.29, 0.717) is 6.54 Å². The number of methoxy groups -OCH3 is 1. The second kappa shape index (κ2) is 8.29. The quantitative estimate of drug-likeness (QED) is 0.618. The Kier molecular flexibility index (Phi) is 7.04. The molecule has 0 unspecified atom stereocenters. The Balaban J connectivity index is 2.20. The van der Waals surface area contributed by atoms with Crippen LogP contribution in [0.3, 0.4) is 0 Å². The third-order valence-electron chi connectivity index (χ3n) is 2.68. The summed E-state index contributed by atoms with van der Waals surface area (Å²) in [4.78, 5) is 0. The molecule has 6 nitrogen and oxygen atoms in total. The standard InChI is InChI=1S/C12H23N3O3S/c1-18-8-6-13-5-3-4-12-10-14-15(11-12)7-9-19(2,16)17/h10-11,13H,3-9H2,1-2H3. The van der Waals surface area contributed by atoms with Crippen LogP contribution in [0.25, 0.3) is 0 Å². The molecule has 7 heteroatoms. The molecule has 0 aliphatic rings. The summed E-state index contributed by atoms with van der Waals surface area (Å²) in [5.74, 6) is 0.132. The Hall–Kier alpha value is -0.920. The molecule has 1 heterocycles. The van der Waals surface area contributed by atoms with Crippen LogP contribution in [0.5, 0.6) is 0 Å². The molecule has 1 aromatic rings. The molecule has 0 saturated heterocycles. The van der Waals surface area contributed by atoms with Crippen LogP contribution in [0.4, 0.5) is 0 Å². The zero-order valence-corrected chi connectivity index (χ0v) is 12.4. The molecule has 0 bridgehead atoms. The van der Waals surface area contributed by atoms with Crippen molar-refractivity contribution >= 4 is 9.84 Å². The van der Waals surface area contributed by atoms with Gasteiger partial charge in [0.1, 0.15) is 9.84 Å². The average molecular weight is 289 g/mol. The fourth-order valence-corrected chi connectivity index (χ4v) is 2.15. The van der Waals surface area contributed by atoms with Crippen molar-refractivity contribution < 1.29 is 13.2 Å². The van der Waals surface area contributed by atoms with Crippen LogP contribution in [0.2, 0.25) is 0 Å². The Labute approximate surface area is 115 Å². The number of nitrogens with one attached hydrogen (secondary N) is 1. The molecular formula is C12H23N3O3S. The molecule has 0 fully saturated rings. The molecule has 0 saturated carbocycles. The SMILES string of the molecule is COCCNCCCc1cnn(CCS(C)(=O)=O)c1. The zero-order chi connectivity index (χ0) is 14.1. The summed E-state index contributed by atoms with van der Waals surface area (Å²) in [5.41, 5.74) is 1.14. The summed E-state index contributed by atoms with van der Waals surface area (Å²) >= 11 is 0. The smallest absolute Gasteiger partial charge is 0.149 e. The highest BCUT2D eigenvalue weighted by atomic mass is 32.2. The van der Waals surface area contributed by atoms with Gasteiger partial charge in [-0.15, -0.1) is 0 Å². The fraction of sp³-hybridized carbons (Fsp3) is 0.750. The van der Waals surface area contributed by atoms with Crippen LogP contribution in [-0.2, 0) is 27.5 Å². The minimum absolute atomic E-state index is 0.132. The molecule has 0 radical (unpaired) electrons. The van der Waals surface area contributed by atoms with Crippen LogP contribution in [0.15, 0.2) is 12.4 Å². The fourth-order valence-electron chi connectivity index (χ4n) is 1.63. The molecule has 1 aromatic heterocycles. The van der Waals surface area contributed by atoms with Crippen molar-refractivity contribution in [2.45, 2.75) is 19.4 Å². The van der Waals surface area contributed by atoms with E-state index in [-0.39, 0.29) is 5.75 Å². The van der Waals surface area contributed by atoms with Crippen molar-refractivity contribution in [1.82, 2.24) is 15.1 Å². The van der Waals surface area contributed by atoms with E-state index in [1.54, 1.807) is 18.0 Å². The van der Waals surface area contributed by atoms with Gasteiger partial charge in [0.25, 0.3) is 0 Å². The zero-order valence-electron chi connectivity index (χ0n) is 11.6. The van der Waals surface area contributed by atoms with Crippen LogP contribution in [-0.4, -0.2) is 57.0 Å². The molecule has 0 amide bonds. The van der Waals surface area contributed by atoms with E-state index in [0.717, 1.165) is 38.1 Å². The van der Waals surface area contributed by atoms with E-state index in [4.69, 9.17) is 4.74 Å². The van der Waals surface area contributed by atoms with Crippen LogP contribution >= 0.6 is 0 Å². The topological polar surface area (TPSA) is 73.2 Å². The van der Waals surface area contributed by atoms with Gasteiger partial charge in [0.15, 0.2) is 0 Å². The molecule has 1 rings (SSSR count). The van der Waals surface area contributed by atoms with Gasteiger partial charge < -0.3 is 10.1 Å². The number of hydrogen-bond donors (Lipinski definition) is 1. The predicted octanol–water partition coefficient (Wildman–Crippen LogP) is 0.0963. The molecule has 19 heavy (non-hydrogen) atoms. The van der Waals surface area contributed by atoms with Gasteiger partial charge in [-0.2, -0.15) is 5.10 Å². The highest BCUT2D eigenvalue weighted by molar-refractivity contribution is 7.90. The molecule has 110 valence electrons. The molecule has 0 aromatic carbocycles. The number of nitrogens with zero attached hydrogens (tertiary/aromatic N) is 2. The Morgan fingerprint density at radius 2 is 2.21 bits per heavy atom. The first-order valence-corrected chi connectivity index (χ1v) is 8.46. The van der Waals surface area contributed by atoms with Crippen molar-refractivity contribution in [3.63, 3.8) is 0 Å². The first kappa shape index (κ1) is 16.1. The van der Waals surface area contributed by atoms with Gasteiger partial charge in [0.2, 0.25) is 0 Å². The molecule has 0 aliphatic carbocycles. The maximum atomic E-state index is 11.0. The minimum Gasteiger partial charge on any atom is -0.383 e. The summed E-state index contributed by atoms with van der Waals surface area (Å²) in [7, 11) is -1.24. The van der Waals surface area contributed by atoms with Crippen LogP contribution in [0, 0.1) is 0 Å². The van der Waals surface area contributed by atoms with Gasteiger partial charge in [-0.05, 0) is 24.9 Å². The van der Waals surface area contributed by atoms with E-state index in [1.807, 2.05) is 6.20 Å². The lowest BCUT2D eigenvalue weighted by Gasteiger charge is -2.02. The number of aryl methyl sites for hydroxylation is 2. The summed E-state index contributed by atoms with van der Waals surface area (Å²) < 4.78 is 28.7. The van der Waals surface area contributed by atoms with Gasteiger partial charge in [-0.1, -0.05) is 0 Å². The van der Waals surface area contributed by atoms with Crippen molar-refractivity contribution in [2.75, 3.05) is 38.8 Å². The highest BCUT2D eigenvalue weighted by Gasteiger charge is 2.04. The van der Waals surface area contributed by atoms with Gasteiger partial charge in [0, 0.05) is 26.1 Å². The van der Waals surface area contributed by atoms with Crippen LogP contribution < -0.4 is 5.32 Å². The second-order valence-corrected chi connectivity index (χ2v) is 6.85. The average Bonchev–Trinajstić information content (AvgIpc) is 2.78. The largest absolute Gasteiger partial charge is 0.383 e. The summed E-state index contributed by atoms with van der Waals surface area (Å²) in [6.45, 7) is 2.95. The maximum Gasteiger partial charge on any atom is 0.149 e. The lowest BCUT2D eigenvalue weighted by molar-refractivity contribution is 0.199. The normalized spacial score (nSPS) is 11.9. The van der Waals surface area contributed by atoms with E-state index < -0.39 is 9.84 Å². The van der Waals surface area contributed by atoms with Crippen molar-refractivity contribution in [3.05, 3.63) is 18.0 Å². The lowest BCUT2D eigenvalue weighted by Crippen LogP contribution is -2.20. The number of hydrogen-bond acceptors (Lipinski definition) is 5. The summed E-state index contributed by atoms with van der Waals surface area (Å²) in [5, 5.41) is 7.44. The Bertz CT molecular complexity index is 457. The third-order valence-corrected chi connectivity index (χ3v) is 3.60. The number of ether oxygens (including phenoxy) is 1. The highest BCUT2D eigenvalue weighted by Crippen LogP contribution is 2.02. The van der Waals surface area contributed by atoms with E-state index in [2.05, 4.69) is 10.4 Å². The first-order valence-electron chi connectivity index (χ1n) is 6.40. The molecule has 0 spiro atoms. The third kappa shape index (κ3) is 7.97. The number of aromatic nitrogens is 2. The van der Waals surface area contributed by atoms with E-state index >= 15 is 0 Å². The Morgan fingerprint density at radius 3 is 2.89 bits per heavy atom. The monoisotopic (exact) mass is 289 g/mol. The van der Waals surface area contributed by atoms with Gasteiger partial charge >= 0.3 is 0 Å². The minimum atomic E-state index is -2.93. The molecule has 0 atom stereocenters. The maximum absolute atomic E-state index is 11.0. The number of sulfone groups is 1. The molecular weight excluding hydrogens is 266 g/mol. The van der Waals surface area contributed by atoms with E-state index in [1.165, 1.54) is 6.26 Å². The van der Waals surface area contributed by atoms with Gasteiger partial charge in [-0.25, -0.2) is 8.42 Å². The molecule has 0 aliphatic heterocycles. The first-order chi connectivity index (χ1) is 9.01. The summed E-state index contributed by atoms with van der Waals surface area (Å²) in [6, 6.07) is 0. The van der Waals surface area contributed by atoms with Crippen molar-refractivity contribution in [1.29, 1.82) is 0 Å². The number of rotatable bonds is 10. The van der Waals surface area contributed by atoms with Crippen LogP contribution in [0.1, 0.15) is 12.0 Å². The van der Waals surface area contributed by atoms with Gasteiger partial charge in [-0.3, -0.25) is 4.68 Å². The van der Waals surface area contributed by atoms with E-state index in [9.17, 15) is 8.42 Å². The predicted molar refractivity (Wildman–Crippen MR) is 75.0 cm³/mol. The van der Waals surface area contributed by atoms with Gasteiger partial charge in [0.05, 0.1) is 25.1 Å².